The molecule has 0 aliphatic rings. The molecule has 2 aromatic carbocycles. The molecule has 2 N–H and O–H groups in total. The van der Waals surface area contributed by atoms with E-state index in [0.29, 0.717) is 0 Å². The van der Waals surface area contributed by atoms with Crippen molar-refractivity contribution in [3.63, 3.8) is 0 Å². The van der Waals surface area contributed by atoms with E-state index in [1.54, 1.807) is 0 Å². The van der Waals surface area contributed by atoms with E-state index in [2.05, 4.69) is 15.4 Å². The van der Waals surface area contributed by atoms with E-state index in [4.69, 9.17) is 0 Å². The molecule has 0 aliphatic carbocycles. The predicted molar refractivity (Wildman–Crippen MR) is 95.0 cm³/mol. The van der Waals surface area contributed by atoms with E-state index >= 15 is 0 Å². The molecule has 2 aromatic rings. The van der Waals surface area contributed by atoms with E-state index in [1.807, 2.05) is 0 Å². The minimum atomic E-state index is -4.88. The second-order valence-electron chi connectivity index (χ2n) is 5.88. The lowest BCUT2D eigenvalue weighted by Crippen LogP contribution is -2.44. The third-order valence-corrected chi connectivity index (χ3v) is 3.71. The van der Waals surface area contributed by atoms with Gasteiger partial charge in [-0.05, 0) is 19.1 Å². The highest BCUT2D eigenvalue weighted by Gasteiger charge is 2.32. The summed E-state index contributed by atoms with van der Waals surface area (Å²) in [6.07, 6.45) is -4.88. The van der Waals surface area contributed by atoms with Crippen LogP contribution in [0.5, 0.6) is 5.75 Å². The maximum Gasteiger partial charge on any atom is 0.573 e. The maximum absolute atomic E-state index is 12.4. The Bertz CT molecular complexity index is 918. The number of ether oxygens (including phenoxy) is 1. The summed E-state index contributed by atoms with van der Waals surface area (Å²) in [4.78, 5) is 34.4. The van der Waals surface area contributed by atoms with Crippen LogP contribution >= 0.6 is 0 Å². The maximum atomic E-state index is 12.4. The number of nitrogens with zero attached hydrogens (tertiary/aromatic N) is 1. The first-order valence-electron chi connectivity index (χ1n) is 8.23. The number of nitro groups is 1. The van der Waals surface area contributed by atoms with Crippen molar-refractivity contribution >= 4 is 17.5 Å². The van der Waals surface area contributed by atoms with E-state index < -0.39 is 34.9 Å². The van der Waals surface area contributed by atoms with Gasteiger partial charge < -0.3 is 15.4 Å². The highest BCUT2D eigenvalue weighted by molar-refractivity contribution is 5.97. The first-order valence-corrected chi connectivity index (χ1v) is 8.23. The molecule has 0 aromatic heterocycles. The smallest absolute Gasteiger partial charge is 0.405 e. The van der Waals surface area contributed by atoms with Crippen molar-refractivity contribution in [2.75, 3.05) is 0 Å². The average molecular weight is 411 g/mol. The van der Waals surface area contributed by atoms with E-state index in [9.17, 15) is 32.9 Å². The molecule has 0 radical (unpaired) electrons. The van der Waals surface area contributed by atoms with Gasteiger partial charge in [0.25, 0.3) is 11.6 Å². The Kier molecular flexibility index (Phi) is 6.75. The molecule has 8 nitrogen and oxygen atoms in total. The normalized spacial score (nSPS) is 12.0. The van der Waals surface area contributed by atoms with Crippen LogP contribution in [0.15, 0.2) is 48.5 Å². The van der Waals surface area contributed by atoms with Crippen LogP contribution < -0.4 is 15.4 Å². The van der Waals surface area contributed by atoms with Crippen molar-refractivity contribution in [2.45, 2.75) is 25.9 Å². The molecule has 0 bridgehead atoms. The molecule has 2 amide bonds. The molecule has 0 fully saturated rings. The molecule has 154 valence electrons. The fraction of sp³-hybridized carbons (Fsp3) is 0.222. The molecular formula is C18H16F3N3O5. The number of nitrogens with one attached hydrogen (secondary N) is 2. The minimum absolute atomic E-state index is 0.0113. The molecule has 2 rings (SSSR count). The number of para-hydroxylation sites is 1. The van der Waals surface area contributed by atoms with Gasteiger partial charge >= 0.3 is 6.36 Å². The van der Waals surface area contributed by atoms with Crippen molar-refractivity contribution in [1.29, 1.82) is 0 Å². The summed E-state index contributed by atoms with van der Waals surface area (Å²) >= 11 is 0. The second-order valence-corrected chi connectivity index (χ2v) is 5.88. The number of hydrogen-bond acceptors (Lipinski definition) is 5. The van der Waals surface area contributed by atoms with Gasteiger partial charge in [0, 0.05) is 29.8 Å². The molecule has 29 heavy (non-hydrogen) atoms. The monoisotopic (exact) mass is 411 g/mol. The zero-order chi connectivity index (χ0) is 21.6. The summed E-state index contributed by atoms with van der Waals surface area (Å²) in [7, 11) is 0. The van der Waals surface area contributed by atoms with Crippen LogP contribution in [0.2, 0.25) is 0 Å². The van der Waals surface area contributed by atoms with Gasteiger partial charge in [0.15, 0.2) is 0 Å². The van der Waals surface area contributed by atoms with Crippen LogP contribution in [-0.2, 0) is 11.3 Å². The van der Waals surface area contributed by atoms with Gasteiger partial charge in [-0.25, -0.2) is 0 Å². The zero-order valence-corrected chi connectivity index (χ0v) is 15.0. The number of carbonyl (C=O) groups excluding carboxylic acids is 2. The Labute approximate surface area is 162 Å². The van der Waals surface area contributed by atoms with Gasteiger partial charge in [0.05, 0.1) is 4.92 Å². The number of carbonyl (C=O) groups is 2. The van der Waals surface area contributed by atoms with Crippen molar-refractivity contribution in [1.82, 2.24) is 10.6 Å². The molecule has 11 heteroatoms. The van der Waals surface area contributed by atoms with Crippen LogP contribution in [0.1, 0.15) is 22.8 Å². The van der Waals surface area contributed by atoms with Gasteiger partial charge in [-0.3, -0.25) is 19.7 Å². The van der Waals surface area contributed by atoms with Crippen LogP contribution in [0.3, 0.4) is 0 Å². The van der Waals surface area contributed by atoms with E-state index in [0.717, 1.165) is 12.1 Å². The Morgan fingerprint density at radius 1 is 1.17 bits per heavy atom. The van der Waals surface area contributed by atoms with Crippen LogP contribution in [0, 0.1) is 10.1 Å². The summed E-state index contributed by atoms with van der Waals surface area (Å²) in [5.41, 5.74) is -0.200. The SMILES string of the molecule is C[C@H](NC(=O)c1cccc([N+](=O)[O-])c1)C(=O)NCc1ccccc1OC(F)(F)F. The Hall–Kier alpha value is -3.63. The molecule has 0 spiro atoms. The van der Waals surface area contributed by atoms with Crippen LogP contribution in [0.25, 0.3) is 0 Å². The minimum Gasteiger partial charge on any atom is -0.405 e. The number of rotatable bonds is 7. The standard InChI is InChI=1S/C18H16F3N3O5/c1-11(23-17(26)12-6-4-7-14(9-12)24(27)28)16(25)22-10-13-5-2-3-8-15(13)29-18(19,20)21/h2-9,11H,10H2,1H3,(H,22,25)(H,23,26)/t11-/m0/s1. The molecule has 0 saturated heterocycles. The lowest BCUT2D eigenvalue weighted by atomic mass is 10.1. The Morgan fingerprint density at radius 2 is 1.86 bits per heavy atom. The summed E-state index contributed by atoms with van der Waals surface area (Å²) in [5, 5.41) is 15.5. The van der Waals surface area contributed by atoms with Gasteiger partial charge in [-0.15, -0.1) is 13.2 Å². The molecule has 0 heterocycles. The number of hydrogen-bond donors (Lipinski definition) is 2. The summed E-state index contributed by atoms with van der Waals surface area (Å²) in [5.74, 6) is -1.82. The predicted octanol–water partition coefficient (Wildman–Crippen LogP) is 2.93. The quantitative estimate of drug-likeness (QED) is 0.538. The largest absolute Gasteiger partial charge is 0.573 e. The molecular weight excluding hydrogens is 395 g/mol. The number of nitro benzene ring substituents is 1. The third kappa shape index (κ3) is 6.48. The first-order chi connectivity index (χ1) is 13.6. The van der Waals surface area contributed by atoms with Crippen molar-refractivity contribution in [2.24, 2.45) is 0 Å². The molecule has 0 aliphatic heterocycles. The van der Waals surface area contributed by atoms with Crippen molar-refractivity contribution < 1.29 is 32.4 Å². The van der Waals surface area contributed by atoms with Crippen molar-refractivity contribution in [3.8, 4) is 5.75 Å². The fourth-order valence-electron chi connectivity index (χ4n) is 2.32. The zero-order valence-electron chi connectivity index (χ0n) is 15.0. The second kappa shape index (κ2) is 9.04. The summed E-state index contributed by atoms with van der Waals surface area (Å²) in [6.45, 7) is 1.10. The summed E-state index contributed by atoms with van der Waals surface area (Å²) < 4.78 is 41.2. The summed E-state index contributed by atoms with van der Waals surface area (Å²) in [6, 6.07) is 9.21. The van der Waals surface area contributed by atoms with Gasteiger partial charge in [-0.2, -0.15) is 0 Å². The third-order valence-electron chi connectivity index (χ3n) is 3.71. The van der Waals surface area contributed by atoms with Gasteiger partial charge in [0.1, 0.15) is 11.8 Å². The fourth-order valence-corrected chi connectivity index (χ4v) is 2.32. The molecule has 0 unspecified atom stereocenters. The number of alkyl halides is 3. The highest BCUT2D eigenvalue weighted by atomic mass is 19.4. The lowest BCUT2D eigenvalue weighted by molar-refractivity contribution is -0.384. The van der Waals surface area contributed by atoms with E-state index in [1.165, 1.54) is 43.3 Å². The van der Waals surface area contributed by atoms with Crippen LogP contribution in [-0.4, -0.2) is 29.1 Å². The molecule has 1 atom stereocenters. The lowest BCUT2D eigenvalue weighted by Gasteiger charge is -2.16. The first kappa shape index (κ1) is 21.7. The Balaban J connectivity index is 1.97. The molecule has 0 saturated carbocycles. The van der Waals surface area contributed by atoms with Gasteiger partial charge in [0.2, 0.25) is 5.91 Å². The highest BCUT2D eigenvalue weighted by Crippen LogP contribution is 2.26. The van der Waals surface area contributed by atoms with Gasteiger partial charge in [-0.1, -0.05) is 24.3 Å². The number of benzene rings is 2. The number of amides is 2. The van der Waals surface area contributed by atoms with E-state index in [-0.39, 0.29) is 23.4 Å². The topological polar surface area (TPSA) is 111 Å². The average Bonchev–Trinajstić information content (AvgIpc) is 2.65. The van der Waals surface area contributed by atoms with Crippen molar-refractivity contribution in [3.05, 3.63) is 69.8 Å². The van der Waals surface area contributed by atoms with Crippen LogP contribution in [0.4, 0.5) is 18.9 Å². The Morgan fingerprint density at radius 3 is 2.52 bits per heavy atom. The number of halogens is 3. The number of non-ortho nitro benzene ring substituents is 1.